The summed E-state index contributed by atoms with van der Waals surface area (Å²) in [6.45, 7) is 1.39. The number of pyridine rings is 2. The first-order valence-electron chi connectivity index (χ1n) is 12.4. The topological polar surface area (TPSA) is 125 Å². The van der Waals surface area contributed by atoms with Gasteiger partial charge in [-0.3, -0.25) is 24.8 Å². The van der Waals surface area contributed by atoms with Crippen LogP contribution in [0.25, 0.3) is 11.1 Å². The predicted octanol–water partition coefficient (Wildman–Crippen LogP) is 3.01. The lowest BCUT2D eigenvalue weighted by Crippen LogP contribution is -2.50. The number of ether oxygens (including phenoxy) is 1. The van der Waals surface area contributed by atoms with E-state index in [0.29, 0.717) is 36.3 Å². The number of nitrogens with zero attached hydrogens (tertiary/aromatic N) is 6. The highest BCUT2D eigenvalue weighted by atomic mass is 32.1. The number of alkyl halides is 2. The van der Waals surface area contributed by atoms with Gasteiger partial charge < -0.3 is 9.75 Å². The number of hydrogen-bond acceptors (Lipinski definition) is 10. The Morgan fingerprint density at radius 1 is 1.20 bits per heavy atom. The molecular weight excluding hydrogens is 542 g/mol. The minimum absolute atomic E-state index is 0.0575. The molecule has 204 valence electrons. The summed E-state index contributed by atoms with van der Waals surface area (Å²) in [7, 11) is 1.37. The maximum atomic E-state index is 13.6. The summed E-state index contributed by atoms with van der Waals surface area (Å²) in [5.74, 6) is 6.01. The van der Waals surface area contributed by atoms with E-state index in [0.717, 1.165) is 24.2 Å². The van der Waals surface area contributed by atoms with Crippen LogP contribution in [0.15, 0.2) is 36.3 Å². The lowest BCUT2D eigenvalue weighted by atomic mass is 9.99. The van der Waals surface area contributed by atoms with E-state index in [1.807, 2.05) is 0 Å². The number of methoxy groups -OCH3 is 1. The molecule has 0 unspecified atom stereocenters. The van der Waals surface area contributed by atoms with E-state index in [-0.39, 0.29) is 39.3 Å². The third-order valence-corrected chi connectivity index (χ3v) is 7.27. The third-order valence-electron chi connectivity index (χ3n) is 6.52. The molecular formula is C26H22F2N8O3S. The zero-order chi connectivity index (χ0) is 27.8. The van der Waals surface area contributed by atoms with Gasteiger partial charge in [0.1, 0.15) is 23.0 Å². The van der Waals surface area contributed by atoms with Gasteiger partial charge in [-0.15, -0.1) is 10.2 Å². The third kappa shape index (κ3) is 5.08. The Morgan fingerprint density at radius 2 is 2.05 bits per heavy atom. The zero-order valence-corrected chi connectivity index (χ0v) is 22.0. The summed E-state index contributed by atoms with van der Waals surface area (Å²) < 4.78 is 32.6. The number of fused-ring (bicyclic) bond motifs is 1. The monoisotopic (exact) mass is 564 g/mol. The van der Waals surface area contributed by atoms with Gasteiger partial charge in [0, 0.05) is 36.3 Å². The van der Waals surface area contributed by atoms with Gasteiger partial charge in [-0.05, 0) is 37.0 Å². The number of hydrogen-bond donors (Lipinski definition) is 2. The van der Waals surface area contributed by atoms with E-state index in [4.69, 9.17) is 4.74 Å². The molecule has 1 saturated heterocycles. The van der Waals surface area contributed by atoms with Crippen molar-refractivity contribution in [3.05, 3.63) is 52.6 Å². The first-order chi connectivity index (χ1) is 19.4. The summed E-state index contributed by atoms with van der Waals surface area (Å²) in [5.41, 5.74) is 3.59. The number of rotatable bonds is 6. The van der Waals surface area contributed by atoms with Gasteiger partial charge in [0.15, 0.2) is 5.01 Å². The lowest BCUT2D eigenvalue weighted by Gasteiger charge is -2.34. The van der Waals surface area contributed by atoms with Crippen molar-refractivity contribution in [2.24, 2.45) is 5.92 Å². The number of anilines is 2. The second-order valence-electron chi connectivity index (χ2n) is 9.17. The summed E-state index contributed by atoms with van der Waals surface area (Å²) >= 11 is 1.12. The standard InChI is InChI=1S/C26H22F2N8O3S/c1-39-20-13-29-18(23(27)28)10-16(20)15-11-21(35-8-9-36-19(25(35)38)6-7-31-36)30-12-17(15)24(37)32-26-34-33-22(40-26)5-4-14-2-3-14/h6,10-14,23,31H,2-3,7-9H2,1H3,(H,32,34,37). The Bertz CT molecular complexity index is 1590. The largest absolute Gasteiger partial charge is 0.494 e. The van der Waals surface area contributed by atoms with E-state index in [9.17, 15) is 18.4 Å². The van der Waals surface area contributed by atoms with E-state index in [1.165, 1.54) is 36.5 Å². The molecule has 14 heteroatoms. The summed E-state index contributed by atoms with van der Waals surface area (Å²) in [6.07, 6.45) is 3.55. The summed E-state index contributed by atoms with van der Waals surface area (Å²) in [5, 5.41) is 13.2. The molecule has 6 rings (SSSR count). The van der Waals surface area contributed by atoms with Gasteiger partial charge in [-0.25, -0.2) is 19.2 Å². The van der Waals surface area contributed by atoms with Crippen LogP contribution in [0.5, 0.6) is 5.75 Å². The zero-order valence-electron chi connectivity index (χ0n) is 21.1. The second-order valence-corrected chi connectivity index (χ2v) is 10.1. The van der Waals surface area contributed by atoms with Gasteiger partial charge in [0.2, 0.25) is 5.13 Å². The van der Waals surface area contributed by atoms with Crippen LogP contribution >= 0.6 is 11.3 Å². The molecule has 3 aromatic rings. The minimum atomic E-state index is -2.85. The van der Waals surface area contributed by atoms with Crippen molar-refractivity contribution in [1.82, 2.24) is 30.6 Å². The van der Waals surface area contributed by atoms with Crippen molar-refractivity contribution in [1.29, 1.82) is 0 Å². The van der Waals surface area contributed by atoms with Crippen LogP contribution in [0.1, 0.15) is 40.3 Å². The van der Waals surface area contributed by atoms with Crippen LogP contribution in [0.2, 0.25) is 0 Å². The fraction of sp³-hybridized carbons (Fsp3) is 0.308. The molecule has 5 heterocycles. The molecule has 2 N–H and O–H groups in total. The number of hydrazine groups is 1. The minimum Gasteiger partial charge on any atom is -0.494 e. The molecule has 0 radical (unpaired) electrons. The molecule has 2 fully saturated rings. The highest BCUT2D eigenvalue weighted by Gasteiger charge is 2.33. The molecule has 2 aliphatic heterocycles. The molecule has 0 atom stereocenters. The van der Waals surface area contributed by atoms with Gasteiger partial charge in [-0.2, -0.15) is 0 Å². The summed E-state index contributed by atoms with van der Waals surface area (Å²) in [6, 6.07) is 2.68. The quantitative estimate of drug-likeness (QED) is 0.435. The van der Waals surface area contributed by atoms with Crippen molar-refractivity contribution in [3.8, 4) is 28.7 Å². The Kier molecular flexibility index (Phi) is 6.82. The normalized spacial score (nSPS) is 16.4. The second kappa shape index (κ2) is 10.6. The van der Waals surface area contributed by atoms with Crippen molar-refractivity contribution in [3.63, 3.8) is 0 Å². The average Bonchev–Trinajstić information content (AvgIpc) is 3.47. The van der Waals surface area contributed by atoms with E-state index in [1.54, 1.807) is 11.1 Å². The number of aromatic nitrogens is 4. The number of carbonyl (C=O) groups is 2. The molecule has 2 amide bonds. The highest BCUT2D eigenvalue weighted by molar-refractivity contribution is 7.15. The van der Waals surface area contributed by atoms with Crippen molar-refractivity contribution in [2.45, 2.75) is 19.3 Å². The maximum Gasteiger partial charge on any atom is 0.280 e. The van der Waals surface area contributed by atoms with Gasteiger partial charge in [0.05, 0.1) is 25.4 Å². The molecule has 1 saturated carbocycles. The highest BCUT2D eigenvalue weighted by Crippen LogP contribution is 2.37. The van der Waals surface area contributed by atoms with Crippen molar-refractivity contribution < 1.29 is 23.1 Å². The van der Waals surface area contributed by atoms with Gasteiger partial charge >= 0.3 is 0 Å². The number of carbonyl (C=O) groups excluding carboxylic acids is 2. The first kappa shape index (κ1) is 25.8. The molecule has 11 nitrogen and oxygen atoms in total. The van der Waals surface area contributed by atoms with Crippen LogP contribution in [-0.4, -0.2) is 63.7 Å². The molecule has 3 aromatic heterocycles. The first-order valence-corrected chi connectivity index (χ1v) is 13.2. The van der Waals surface area contributed by atoms with Crippen LogP contribution in [0.3, 0.4) is 0 Å². The summed E-state index contributed by atoms with van der Waals surface area (Å²) in [4.78, 5) is 36.3. The number of nitrogens with one attached hydrogen (secondary N) is 2. The van der Waals surface area contributed by atoms with Crippen molar-refractivity contribution >= 4 is 34.1 Å². The van der Waals surface area contributed by atoms with Crippen LogP contribution in [-0.2, 0) is 4.79 Å². The maximum absolute atomic E-state index is 13.6. The van der Waals surface area contributed by atoms with Gasteiger partial charge in [0.25, 0.3) is 18.2 Å². The Balaban J connectivity index is 1.38. The van der Waals surface area contributed by atoms with Crippen LogP contribution in [0.4, 0.5) is 19.7 Å². The Labute approximate surface area is 231 Å². The fourth-order valence-electron chi connectivity index (χ4n) is 4.34. The SMILES string of the molecule is COc1cnc(C(F)F)cc1-c1cc(N2CCN3NCC=C3C2=O)ncc1C(=O)Nc1nnc(C#CC2CC2)s1. The molecule has 1 aliphatic carbocycles. The Morgan fingerprint density at radius 3 is 2.83 bits per heavy atom. The Hall–Kier alpha value is -4.48. The molecule has 0 aromatic carbocycles. The fourth-order valence-corrected chi connectivity index (χ4v) is 4.94. The van der Waals surface area contributed by atoms with E-state index in [2.05, 4.69) is 42.7 Å². The molecule has 40 heavy (non-hydrogen) atoms. The van der Waals surface area contributed by atoms with Gasteiger partial charge in [-0.1, -0.05) is 17.3 Å². The van der Waals surface area contributed by atoms with Crippen LogP contribution < -0.4 is 20.4 Å². The predicted molar refractivity (Wildman–Crippen MR) is 142 cm³/mol. The van der Waals surface area contributed by atoms with Crippen molar-refractivity contribution in [2.75, 3.05) is 37.0 Å². The lowest BCUT2D eigenvalue weighted by molar-refractivity contribution is -0.118. The molecule has 0 bridgehead atoms. The number of amides is 2. The number of piperazine rings is 1. The number of halogens is 2. The van der Waals surface area contributed by atoms with E-state index >= 15 is 0 Å². The molecule has 3 aliphatic rings. The average molecular weight is 565 g/mol. The smallest absolute Gasteiger partial charge is 0.280 e. The molecule has 0 spiro atoms. The van der Waals surface area contributed by atoms with Crippen LogP contribution in [0, 0.1) is 17.8 Å². The van der Waals surface area contributed by atoms with E-state index < -0.39 is 18.0 Å².